The zero-order valence-corrected chi connectivity index (χ0v) is 7.91. The zero-order chi connectivity index (χ0) is 10.1. The number of nitrogens with zero attached hydrogens (tertiary/aromatic N) is 2. The van der Waals surface area contributed by atoms with Gasteiger partial charge in [0.2, 0.25) is 0 Å². The molecule has 2 rings (SSSR count). The van der Waals surface area contributed by atoms with E-state index >= 15 is 0 Å². The smallest absolute Gasteiger partial charge is 0.435 e. The maximum atomic E-state index is 11.4. The minimum atomic E-state index is -0.468. The zero-order valence-electron chi connectivity index (χ0n) is 7.91. The topological polar surface area (TPSA) is 82.2 Å². The van der Waals surface area contributed by atoms with Gasteiger partial charge in [0.25, 0.3) is 0 Å². The average molecular weight is 196 g/mol. The predicted molar refractivity (Wildman–Crippen MR) is 49.6 cm³/mol. The number of anilines is 1. The summed E-state index contributed by atoms with van der Waals surface area (Å²) in [6.07, 6.45) is -0.468. The van der Waals surface area contributed by atoms with Crippen molar-refractivity contribution in [3.05, 3.63) is 11.3 Å². The lowest BCUT2D eigenvalue weighted by Gasteiger charge is -2.02. The molecule has 0 bridgehead atoms. The number of nitrogens with two attached hydrogens (primary N) is 1. The number of aromatic nitrogens is 2. The highest BCUT2D eigenvalue weighted by Gasteiger charge is 2.24. The van der Waals surface area contributed by atoms with Crippen molar-refractivity contribution < 1.29 is 9.53 Å². The Morgan fingerprint density at radius 2 is 2.50 bits per heavy atom. The summed E-state index contributed by atoms with van der Waals surface area (Å²) in [5, 5.41) is 7.03. The van der Waals surface area contributed by atoms with Gasteiger partial charge in [-0.2, -0.15) is 4.68 Å². The molecule has 0 saturated carbocycles. The van der Waals surface area contributed by atoms with Crippen LogP contribution in [0.5, 0.6) is 0 Å². The number of carbonyl (C=O) groups is 1. The van der Waals surface area contributed by atoms with Crippen molar-refractivity contribution in [2.75, 3.05) is 12.3 Å². The van der Waals surface area contributed by atoms with Crippen LogP contribution < -0.4 is 11.1 Å². The summed E-state index contributed by atoms with van der Waals surface area (Å²) in [7, 11) is 0. The van der Waals surface area contributed by atoms with Gasteiger partial charge in [-0.15, -0.1) is 5.10 Å². The van der Waals surface area contributed by atoms with Crippen molar-refractivity contribution in [3.63, 3.8) is 0 Å². The molecule has 0 radical (unpaired) electrons. The molecule has 1 aliphatic heterocycles. The Morgan fingerprint density at radius 1 is 1.71 bits per heavy atom. The fourth-order valence-corrected chi connectivity index (χ4v) is 1.52. The third kappa shape index (κ3) is 1.24. The second-order valence-electron chi connectivity index (χ2n) is 3.02. The third-order valence-corrected chi connectivity index (χ3v) is 2.16. The SMILES string of the molecule is CCOC(=O)n1nc(N)c2c1CNC2. The predicted octanol–water partition coefficient (Wildman–Crippen LogP) is 0.0731. The molecule has 14 heavy (non-hydrogen) atoms. The molecule has 76 valence electrons. The minimum Gasteiger partial charge on any atom is -0.448 e. The number of hydrogen-bond acceptors (Lipinski definition) is 5. The van der Waals surface area contributed by atoms with E-state index in [-0.39, 0.29) is 0 Å². The molecule has 0 fully saturated rings. The molecule has 1 aromatic heterocycles. The molecule has 1 aromatic rings. The van der Waals surface area contributed by atoms with Gasteiger partial charge in [-0.1, -0.05) is 0 Å². The van der Waals surface area contributed by atoms with E-state index in [0.717, 1.165) is 11.3 Å². The number of nitrogen functional groups attached to an aromatic ring is 1. The van der Waals surface area contributed by atoms with Gasteiger partial charge >= 0.3 is 6.09 Å². The van der Waals surface area contributed by atoms with E-state index in [1.54, 1.807) is 6.92 Å². The third-order valence-electron chi connectivity index (χ3n) is 2.16. The molecule has 6 heteroatoms. The van der Waals surface area contributed by atoms with Crippen molar-refractivity contribution in [1.82, 2.24) is 15.1 Å². The highest BCUT2D eigenvalue weighted by molar-refractivity contribution is 5.72. The van der Waals surface area contributed by atoms with Gasteiger partial charge in [0.05, 0.1) is 12.3 Å². The Balaban J connectivity index is 2.35. The first-order valence-corrected chi connectivity index (χ1v) is 4.48. The number of rotatable bonds is 1. The lowest BCUT2D eigenvalue weighted by Crippen LogP contribution is -2.19. The quantitative estimate of drug-likeness (QED) is 0.664. The van der Waals surface area contributed by atoms with Crippen LogP contribution in [-0.2, 0) is 17.8 Å². The van der Waals surface area contributed by atoms with Gasteiger partial charge < -0.3 is 15.8 Å². The number of nitrogens with one attached hydrogen (secondary N) is 1. The Labute approximate surface area is 81.0 Å². The molecular formula is C8H12N4O2. The van der Waals surface area contributed by atoms with Gasteiger partial charge in [0, 0.05) is 18.7 Å². The molecule has 0 atom stereocenters. The van der Waals surface area contributed by atoms with Crippen LogP contribution in [0.15, 0.2) is 0 Å². The van der Waals surface area contributed by atoms with E-state index < -0.39 is 6.09 Å². The highest BCUT2D eigenvalue weighted by Crippen LogP contribution is 2.21. The number of ether oxygens (including phenoxy) is 1. The molecular weight excluding hydrogens is 184 g/mol. The van der Waals surface area contributed by atoms with Crippen LogP contribution in [0.4, 0.5) is 10.6 Å². The molecule has 0 saturated heterocycles. The average Bonchev–Trinajstić information content (AvgIpc) is 2.70. The molecule has 2 heterocycles. The van der Waals surface area contributed by atoms with Gasteiger partial charge in [0.15, 0.2) is 5.82 Å². The Morgan fingerprint density at radius 3 is 3.21 bits per heavy atom. The van der Waals surface area contributed by atoms with E-state index in [1.165, 1.54) is 4.68 Å². The number of carbonyl (C=O) groups excluding carboxylic acids is 1. The van der Waals surface area contributed by atoms with Crippen molar-refractivity contribution in [1.29, 1.82) is 0 Å². The molecule has 0 spiro atoms. The first-order valence-electron chi connectivity index (χ1n) is 4.48. The first kappa shape index (κ1) is 9.01. The molecule has 6 nitrogen and oxygen atoms in total. The van der Waals surface area contributed by atoms with Gasteiger partial charge in [-0.05, 0) is 6.92 Å². The number of fused-ring (bicyclic) bond motifs is 1. The van der Waals surface area contributed by atoms with E-state index in [4.69, 9.17) is 10.5 Å². The Bertz CT molecular complexity index is 372. The van der Waals surface area contributed by atoms with Crippen LogP contribution in [0.25, 0.3) is 0 Å². The summed E-state index contributed by atoms with van der Waals surface area (Å²) in [4.78, 5) is 11.4. The fourth-order valence-electron chi connectivity index (χ4n) is 1.52. The normalized spacial score (nSPS) is 14.1. The van der Waals surface area contributed by atoms with Crippen molar-refractivity contribution in [2.45, 2.75) is 20.0 Å². The van der Waals surface area contributed by atoms with Crippen molar-refractivity contribution in [2.24, 2.45) is 0 Å². The Kier molecular flexibility index (Phi) is 2.12. The van der Waals surface area contributed by atoms with E-state index in [2.05, 4.69) is 10.4 Å². The van der Waals surface area contributed by atoms with Gasteiger partial charge in [-0.25, -0.2) is 4.79 Å². The molecule has 1 aliphatic rings. The largest absolute Gasteiger partial charge is 0.448 e. The van der Waals surface area contributed by atoms with Crippen LogP contribution in [0, 0.1) is 0 Å². The first-order chi connectivity index (χ1) is 6.74. The summed E-state index contributed by atoms with van der Waals surface area (Å²) in [5.41, 5.74) is 7.35. The maximum absolute atomic E-state index is 11.4. The fraction of sp³-hybridized carbons (Fsp3) is 0.500. The van der Waals surface area contributed by atoms with Gasteiger partial charge in [-0.3, -0.25) is 0 Å². The lowest BCUT2D eigenvalue weighted by molar-refractivity contribution is 0.149. The van der Waals surface area contributed by atoms with Crippen molar-refractivity contribution >= 4 is 11.9 Å². The number of hydrogen-bond donors (Lipinski definition) is 2. The van der Waals surface area contributed by atoms with Gasteiger partial charge in [0.1, 0.15) is 0 Å². The minimum absolute atomic E-state index is 0.334. The van der Waals surface area contributed by atoms with Crippen LogP contribution in [0.1, 0.15) is 18.2 Å². The second-order valence-corrected chi connectivity index (χ2v) is 3.02. The van der Waals surface area contributed by atoms with E-state index in [1.807, 2.05) is 0 Å². The van der Waals surface area contributed by atoms with E-state index in [9.17, 15) is 4.79 Å². The van der Waals surface area contributed by atoms with Crippen LogP contribution in [-0.4, -0.2) is 22.5 Å². The molecule has 0 amide bonds. The second kappa shape index (κ2) is 3.30. The lowest BCUT2D eigenvalue weighted by atomic mass is 10.3. The molecule has 0 aliphatic carbocycles. The summed E-state index contributed by atoms with van der Waals surface area (Å²) < 4.78 is 6.08. The summed E-state index contributed by atoms with van der Waals surface area (Å²) in [6, 6.07) is 0. The molecule has 0 aromatic carbocycles. The van der Waals surface area contributed by atoms with Crippen LogP contribution >= 0.6 is 0 Å². The monoisotopic (exact) mass is 196 g/mol. The summed E-state index contributed by atoms with van der Waals surface area (Å²) >= 11 is 0. The van der Waals surface area contributed by atoms with Crippen LogP contribution in [0.3, 0.4) is 0 Å². The summed E-state index contributed by atoms with van der Waals surface area (Å²) in [5.74, 6) is 0.401. The van der Waals surface area contributed by atoms with Crippen LogP contribution in [0.2, 0.25) is 0 Å². The Hall–Kier alpha value is -1.56. The highest BCUT2D eigenvalue weighted by atomic mass is 16.5. The van der Waals surface area contributed by atoms with E-state index in [0.29, 0.717) is 25.5 Å². The molecule has 0 unspecified atom stereocenters. The standard InChI is InChI=1S/C8H12N4O2/c1-2-14-8(13)12-6-4-10-3-5(6)7(9)11-12/h10H,2-4H2,1H3,(H2,9,11). The molecule has 3 N–H and O–H groups in total. The van der Waals surface area contributed by atoms with Crippen molar-refractivity contribution in [3.8, 4) is 0 Å². The maximum Gasteiger partial charge on any atom is 0.435 e. The summed E-state index contributed by atoms with van der Waals surface area (Å²) in [6.45, 7) is 3.36.